The molecule has 3 rings (SSSR count). The Kier molecular flexibility index (Phi) is 6.91. The molecule has 0 unspecified atom stereocenters. The van der Waals surface area contributed by atoms with Crippen LogP contribution in [0.4, 0.5) is 11.4 Å². The molecule has 1 atom stereocenters. The predicted molar refractivity (Wildman–Crippen MR) is 121 cm³/mol. The number of carbonyl (C=O) groups is 1. The number of thiocarbonyl (C=S) groups is 1. The lowest BCUT2D eigenvalue weighted by Gasteiger charge is -2.35. The van der Waals surface area contributed by atoms with Crippen LogP contribution in [-0.2, 0) is 0 Å². The Labute approximate surface area is 179 Å². The lowest BCUT2D eigenvalue weighted by atomic mass is 10.0. The van der Waals surface area contributed by atoms with Gasteiger partial charge in [0.2, 0.25) is 0 Å². The van der Waals surface area contributed by atoms with Gasteiger partial charge in [-0.05, 0) is 96.8 Å². The quantitative estimate of drug-likeness (QED) is 0.629. The Morgan fingerprint density at radius 1 is 1.21 bits per heavy atom. The molecule has 148 valence electrons. The molecule has 2 N–H and O–H groups in total. The number of rotatable bonds is 4. The van der Waals surface area contributed by atoms with Crippen molar-refractivity contribution in [3.8, 4) is 5.75 Å². The average molecular weight is 462 g/mol. The van der Waals surface area contributed by atoms with E-state index in [0.717, 1.165) is 12.2 Å². The number of benzene rings is 2. The first-order valence-corrected chi connectivity index (χ1v) is 10.5. The van der Waals surface area contributed by atoms with Crippen LogP contribution in [0.5, 0.6) is 5.75 Å². The molecule has 0 spiro atoms. The van der Waals surface area contributed by atoms with Crippen LogP contribution >= 0.6 is 28.1 Å². The summed E-state index contributed by atoms with van der Waals surface area (Å²) in [7, 11) is 1.58. The first kappa shape index (κ1) is 20.6. The van der Waals surface area contributed by atoms with E-state index in [4.69, 9.17) is 17.0 Å². The van der Waals surface area contributed by atoms with Crippen LogP contribution < -0.4 is 20.3 Å². The van der Waals surface area contributed by atoms with E-state index in [-0.39, 0.29) is 11.0 Å². The van der Waals surface area contributed by atoms with Gasteiger partial charge in [0.05, 0.1) is 11.6 Å². The van der Waals surface area contributed by atoms with Crippen LogP contribution in [0, 0.1) is 0 Å². The number of hydrogen-bond donors (Lipinski definition) is 2. The van der Waals surface area contributed by atoms with Crippen molar-refractivity contribution in [2.45, 2.75) is 32.2 Å². The molecule has 2 aromatic rings. The van der Waals surface area contributed by atoms with Crippen molar-refractivity contribution >= 4 is 50.5 Å². The minimum atomic E-state index is -0.278. The number of anilines is 2. The number of halogens is 1. The van der Waals surface area contributed by atoms with E-state index >= 15 is 0 Å². The highest BCUT2D eigenvalue weighted by atomic mass is 79.9. The summed E-state index contributed by atoms with van der Waals surface area (Å²) in [6, 6.07) is 13.8. The molecule has 1 aliphatic rings. The van der Waals surface area contributed by atoms with Crippen LogP contribution in [0.25, 0.3) is 0 Å². The summed E-state index contributed by atoms with van der Waals surface area (Å²) >= 11 is 8.66. The molecule has 1 aliphatic heterocycles. The molecule has 0 radical (unpaired) electrons. The molecule has 2 aromatic carbocycles. The van der Waals surface area contributed by atoms with Gasteiger partial charge in [0.25, 0.3) is 5.91 Å². The lowest BCUT2D eigenvalue weighted by molar-refractivity contribution is 0.0977. The van der Waals surface area contributed by atoms with Gasteiger partial charge in [-0.3, -0.25) is 10.1 Å². The summed E-state index contributed by atoms with van der Waals surface area (Å²) in [5.74, 6) is 0.389. The zero-order valence-electron chi connectivity index (χ0n) is 16.0. The maximum absolute atomic E-state index is 12.4. The molecule has 1 amide bonds. The summed E-state index contributed by atoms with van der Waals surface area (Å²) in [6.07, 6.45) is 3.77. The number of piperidine rings is 1. The predicted octanol–water partition coefficient (Wildman–Crippen LogP) is 4.96. The van der Waals surface area contributed by atoms with E-state index in [1.54, 1.807) is 25.3 Å². The normalized spacial score (nSPS) is 16.4. The summed E-state index contributed by atoms with van der Waals surface area (Å²) in [5.41, 5.74) is 2.55. The number of nitrogens with one attached hydrogen (secondary N) is 2. The fourth-order valence-electron chi connectivity index (χ4n) is 3.36. The Hall–Kier alpha value is -2.12. The number of ether oxygens (including phenoxy) is 1. The molecule has 7 heteroatoms. The van der Waals surface area contributed by atoms with E-state index in [9.17, 15) is 4.79 Å². The Bertz CT molecular complexity index is 857. The second-order valence-electron chi connectivity index (χ2n) is 6.84. The highest BCUT2D eigenvalue weighted by Crippen LogP contribution is 2.26. The molecule has 0 saturated carbocycles. The van der Waals surface area contributed by atoms with Crippen LogP contribution in [-0.4, -0.2) is 30.7 Å². The Balaban J connectivity index is 1.58. The minimum Gasteiger partial charge on any atom is -0.496 e. The summed E-state index contributed by atoms with van der Waals surface area (Å²) < 4.78 is 5.89. The smallest absolute Gasteiger partial charge is 0.257 e. The fourth-order valence-corrected chi connectivity index (χ4v) is 4.11. The highest BCUT2D eigenvalue weighted by molar-refractivity contribution is 9.10. The second kappa shape index (κ2) is 9.39. The van der Waals surface area contributed by atoms with Gasteiger partial charge in [-0.1, -0.05) is 0 Å². The molecular formula is C21H24BrN3O2S. The fraction of sp³-hybridized carbons (Fsp3) is 0.333. The first-order chi connectivity index (χ1) is 13.5. The Morgan fingerprint density at radius 2 is 1.96 bits per heavy atom. The van der Waals surface area contributed by atoms with Gasteiger partial charge < -0.3 is 15.0 Å². The van der Waals surface area contributed by atoms with Crippen LogP contribution in [0.15, 0.2) is 46.9 Å². The van der Waals surface area contributed by atoms with E-state index in [2.05, 4.69) is 50.5 Å². The van der Waals surface area contributed by atoms with Crippen molar-refractivity contribution in [1.82, 2.24) is 5.32 Å². The molecule has 0 aliphatic carbocycles. The van der Waals surface area contributed by atoms with Gasteiger partial charge in [-0.25, -0.2) is 0 Å². The number of hydrogen-bond acceptors (Lipinski definition) is 4. The molecule has 28 heavy (non-hydrogen) atoms. The van der Waals surface area contributed by atoms with Crippen molar-refractivity contribution in [2.75, 3.05) is 23.9 Å². The van der Waals surface area contributed by atoms with Gasteiger partial charge in [-0.15, -0.1) is 0 Å². The van der Waals surface area contributed by atoms with Gasteiger partial charge in [0.15, 0.2) is 5.11 Å². The molecule has 0 aromatic heterocycles. The third-order valence-electron chi connectivity index (χ3n) is 4.90. The molecular weight excluding hydrogens is 438 g/mol. The van der Waals surface area contributed by atoms with Crippen molar-refractivity contribution in [2.24, 2.45) is 0 Å². The van der Waals surface area contributed by atoms with Crippen LogP contribution in [0.1, 0.15) is 36.5 Å². The van der Waals surface area contributed by atoms with Gasteiger partial charge in [0, 0.05) is 29.5 Å². The number of nitrogens with zero attached hydrogens (tertiary/aromatic N) is 1. The molecule has 1 fully saturated rings. The average Bonchev–Trinajstić information content (AvgIpc) is 2.69. The standard InChI is InChI=1S/C21H24BrN3O2S/c1-14-5-3-4-12-25(14)17-9-7-16(8-10-17)23-21(28)24-20(26)15-6-11-19(27-2)18(22)13-15/h6-11,13-14H,3-5,12H2,1-2H3,(H2,23,24,26,28)/t14-/m1/s1. The topological polar surface area (TPSA) is 53.6 Å². The second-order valence-corrected chi connectivity index (χ2v) is 8.11. The van der Waals surface area contributed by atoms with E-state index in [1.165, 1.54) is 24.9 Å². The Morgan fingerprint density at radius 3 is 2.61 bits per heavy atom. The summed E-state index contributed by atoms with van der Waals surface area (Å²) in [4.78, 5) is 14.8. The third kappa shape index (κ3) is 5.02. The maximum atomic E-state index is 12.4. The number of carbonyl (C=O) groups excluding carboxylic acids is 1. The third-order valence-corrected chi connectivity index (χ3v) is 5.72. The summed E-state index contributed by atoms with van der Waals surface area (Å²) in [6.45, 7) is 3.37. The molecule has 1 saturated heterocycles. The zero-order chi connectivity index (χ0) is 20.1. The zero-order valence-corrected chi connectivity index (χ0v) is 18.4. The van der Waals surface area contributed by atoms with Crippen molar-refractivity contribution in [1.29, 1.82) is 0 Å². The summed E-state index contributed by atoms with van der Waals surface area (Å²) in [5, 5.41) is 6.03. The van der Waals surface area contributed by atoms with Crippen molar-refractivity contribution in [3.05, 3.63) is 52.5 Å². The highest BCUT2D eigenvalue weighted by Gasteiger charge is 2.18. The van der Waals surface area contributed by atoms with E-state index in [1.807, 2.05) is 12.1 Å². The van der Waals surface area contributed by atoms with Crippen molar-refractivity contribution < 1.29 is 9.53 Å². The van der Waals surface area contributed by atoms with E-state index < -0.39 is 0 Å². The SMILES string of the molecule is COc1ccc(C(=O)NC(=S)Nc2ccc(N3CCCC[C@H]3C)cc2)cc1Br. The minimum absolute atomic E-state index is 0.260. The van der Waals surface area contributed by atoms with Crippen molar-refractivity contribution in [3.63, 3.8) is 0 Å². The molecule has 0 bridgehead atoms. The van der Waals surface area contributed by atoms with Crippen LogP contribution in [0.2, 0.25) is 0 Å². The largest absolute Gasteiger partial charge is 0.496 e. The molecule has 5 nitrogen and oxygen atoms in total. The maximum Gasteiger partial charge on any atom is 0.257 e. The lowest BCUT2D eigenvalue weighted by Crippen LogP contribution is -2.37. The first-order valence-electron chi connectivity index (χ1n) is 9.30. The van der Waals surface area contributed by atoms with Crippen LogP contribution in [0.3, 0.4) is 0 Å². The van der Waals surface area contributed by atoms with Gasteiger partial charge >= 0.3 is 0 Å². The number of methoxy groups -OCH3 is 1. The van der Waals surface area contributed by atoms with Gasteiger partial charge in [-0.2, -0.15) is 0 Å². The monoisotopic (exact) mass is 461 g/mol. The molecule has 1 heterocycles. The number of amides is 1. The van der Waals surface area contributed by atoms with E-state index in [0.29, 0.717) is 21.8 Å². The van der Waals surface area contributed by atoms with Gasteiger partial charge in [0.1, 0.15) is 5.75 Å².